The molecule has 0 aliphatic heterocycles. The van der Waals surface area contributed by atoms with Crippen molar-refractivity contribution in [2.75, 3.05) is 0 Å². The molecule has 0 bridgehead atoms. The number of pyridine rings is 2. The Bertz CT molecular complexity index is 715. The molecule has 20 heavy (non-hydrogen) atoms. The van der Waals surface area contributed by atoms with Gasteiger partial charge < -0.3 is 0 Å². The van der Waals surface area contributed by atoms with E-state index in [0.29, 0.717) is 0 Å². The summed E-state index contributed by atoms with van der Waals surface area (Å²) >= 11 is 0. The Hall–Kier alpha value is -1.86. The molecule has 0 saturated heterocycles. The molecule has 3 nitrogen and oxygen atoms in total. The van der Waals surface area contributed by atoms with Gasteiger partial charge in [-0.1, -0.05) is 25.5 Å². The second-order valence-electron chi connectivity index (χ2n) is 4.61. The molecule has 2 heterocycles. The summed E-state index contributed by atoms with van der Waals surface area (Å²) in [4.78, 5) is 9.18. The highest BCUT2D eigenvalue weighted by Crippen LogP contribution is 2.22. The average molecular weight is 284 g/mol. The van der Waals surface area contributed by atoms with E-state index in [1.165, 1.54) is 23.9 Å². The van der Waals surface area contributed by atoms with Gasteiger partial charge in [0.25, 0.3) is 0 Å². The van der Waals surface area contributed by atoms with E-state index < -0.39 is 0 Å². The summed E-state index contributed by atoms with van der Waals surface area (Å²) in [5.74, 6) is 0. The van der Waals surface area contributed by atoms with E-state index in [4.69, 9.17) is 9.55 Å². The van der Waals surface area contributed by atoms with E-state index in [0.717, 1.165) is 22.8 Å². The first-order chi connectivity index (χ1) is 9.88. The van der Waals surface area contributed by atoms with Crippen molar-refractivity contribution < 1.29 is 4.57 Å². The molecule has 0 saturated carbocycles. The van der Waals surface area contributed by atoms with Crippen molar-refractivity contribution in [3.63, 3.8) is 0 Å². The van der Waals surface area contributed by atoms with Gasteiger partial charge in [-0.15, -0.1) is 0 Å². The Labute approximate surface area is 120 Å². The molecule has 0 aliphatic rings. The molecule has 102 valence electrons. The van der Waals surface area contributed by atoms with Gasteiger partial charge in [-0.25, -0.2) is 0 Å². The number of aryl methyl sites for hydroxylation is 1. The van der Waals surface area contributed by atoms with Crippen molar-refractivity contribution in [1.29, 1.82) is 0 Å². The van der Waals surface area contributed by atoms with Gasteiger partial charge in [0, 0.05) is 22.7 Å². The highest BCUT2D eigenvalue weighted by atomic mass is 31.0. The van der Waals surface area contributed by atoms with E-state index in [9.17, 15) is 0 Å². The van der Waals surface area contributed by atoms with Crippen molar-refractivity contribution in [2.24, 2.45) is 0 Å². The monoisotopic (exact) mass is 284 g/mol. The third kappa shape index (κ3) is 3.00. The Morgan fingerprint density at radius 1 is 1.10 bits per heavy atom. The molecular formula is C16H17N2OP. The topological polar surface area (TPSA) is 42.9 Å². The van der Waals surface area contributed by atoms with Crippen LogP contribution in [0.2, 0.25) is 0 Å². The van der Waals surface area contributed by atoms with E-state index in [1.54, 1.807) is 9.12 Å². The molecule has 0 N–H and O–H groups in total. The summed E-state index contributed by atoms with van der Waals surface area (Å²) in [5, 5.41) is 2.34. The van der Waals surface area contributed by atoms with Gasteiger partial charge in [-0.05, 0) is 37.1 Å². The normalized spacial score (nSPS) is 10.2. The lowest BCUT2D eigenvalue weighted by atomic mass is 10.1. The Morgan fingerprint density at radius 3 is 2.70 bits per heavy atom. The van der Waals surface area contributed by atoms with Crippen LogP contribution in [0.4, 0.5) is 0 Å². The SMILES string of the molecule is CCCCc1ccc2ccc3ncccc3c2n1.O=P. The van der Waals surface area contributed by atoms with Crippen molar-refractivity contribution in [3.8, 4) is 0 Å². The summed E-state index contributed by atoms with van der Waals surface area (Å²) in [6, 6.07) is 12.5. The van der Waals surface area contributed by atoms with Crippen molar-refractivity contribution in [1.82, 2.24) is 9.97 Å². The fourth-order valence-electron chi connectivity index (χ4n) is 2.28. The van der Waals surface area contributed by atoms with E-state index in [-0.39, 0.29) is 0 Å². The van der Waals surface area contributed by atoms with E-state index >= 15 is 0 Å². The first kappa shape index (κ1) is 14.5. The van der Waals surface area contributed by atoms with Crippen LogP contribution in [-0.2, 0) is 11.0 Å². The second kappa shape index (κ2) is 7.06. The van der Waals surface area contributed by atoms with Gasteiger partial charge in [0.05, 0.1) is 11.0 Å². The Balaban J connectivity index is 0.000000704. The lowest BCUT2D eigenvalue weighted by Gasteiger charge is -2.05. The molecule has 0 unspecified atom stereocenters. The van der Waals surface area contributed by atoms with Crippen LogP contribution >= 0.6 is 9.12 Å². The van der Waals surface area contributed by atoms with Crippen LogP contribution in [0.3, 0.4) is 0 Å². The van der Waals surface area contributed by atoms with Crippen LogP contribution in [0.25, 0.3) is 21.8 Å². The molecule has 4 heteroatoms. The molecule has 0 aliphatic carbocycles. The zero-order valence-corrected chi connectivity index (χ0v) is 12.5. The first-order valence-electron chi connectivity index (χ1n) is 6.72. The third-order valence-electron chi connectivity index (χ3n) is 3.29. The molecule has 0 amide bonds. The van der Waals surface area contributed by atoms with Crippen molar-refractivity contribution in [2.45, 2.75) is 26.2 Å². The van der Waals surface area contributed by atoms with E-state index in [2.05, 4.69) is 42.2 Å². The minimum Gasteiger partial charge on any atom is -0.279 e. The fraction of sp³-hybridized carbons (Fsp3) is 0.250. The molecule has 0 spiro atoms. The third-order valence-corrected chi connectivity index (χ3v) is 3.29. The highest BCUT2D eigenvalue weighted by Gasteiger charge is 2.03. The molecule has 0 atom stereocenters. The van der Waals surface area contributed by atoms with Crippen molar-refractivity contribution >= 4 is 30.9 Å². The van der Waals surface area contributed by atoms with Gasteiger partial charge in [0.2, 0.25) is 0 Å². The lowest BCUT2D eigenvalue weighted by molar-refractivity contribution is 0.607. The van der Waals surface area contributed by atoms with Gasteiger partial charge in [-0.3, -0.25) is 14.5 Å². The smallest absolute Gasteiger partial charge is 0.138 e. The molecule has 0 fully saturated rings. The summed E-state index contributed by atoms with van der Waals surface area (Å²) in [5.41, 5.74) is 3.28. The Morgan fingerprint density at radius 2 is 1.90 bits per heavy atom. The number of rotatable bonds is 3. The second-order valence-corrected chi connectivity index (χ2v) is 4.61. The van der Waals surface area contributed by atoms with Crippen LogP contribution in [0.15, 0.2) is 42.6 Å². The maximum absolute atomic E-state index is 8.06. The van der Waals surface area contributed by atoms with Crippen LogP contribution in [0.5, 0.6) is 0 Å². The number of hydrogen-bond acceptors (Lipinski definition) is 3. The predicted molar refractivity (Wildman–Crippen MR) is 84.7 cm³/mol. The molecule has 0 radical (unpaired) electrons. The maximum atomic E-state index is 8.06. The highest BCUT2D eigenvalue weighted by molar-refractivity contribution is 7.00. The number of unbranched alkanes of at least 4 members (excludes halogenated alkanes) is 1. The van der Waals surface area contributed by atoms with Crippen LogP contribution in [0, 0.1) is 0 Å². The zero-order valence-electron chi connectivity index (χ0n) is 11.5. The molecule has 2 aromatic heterocycles. The lowest BCUT2D eigenvalue weighted by Crippen LogP contribution is -1.91. The zero-order chi connectivity index (χ0) is 14.4. The van der Waals surface area contributed by atoms with Gasteiger partial charge in [0.15, 0.2) is 0 Å². The Kier molecular flexibility index (Phi) is 5.14. The van der Waals surface area contributed by atoms with Crippen LogP contribution in [0.1, 0.15) is 25.5 Å². The van der Waals surface area contributed by atoms with Crippen LogP contribution in [-0.4, -0.2) is 9.97 Å². The first-order valence-corrected chi connectivity index (χ1v) is 7.13. The number of hydrogen-bond donors (Lipinski definition) is 0. The quantitative estimate of drug-likeness (QED) is 0.521. The summed E-state index contributed by atoms with van der Waals surface area (Å²) < 4.78 is 8.06. The number of nitrogens with zero attached hydrogens (tertiary/aromatic N) is 2. The maximum Gasteiger partial charge on any atom is 0.138 e. The van der Waals surface area contributed by atoms with Gasteiger partial charge in [0.1, 0.15) is 9.12 Å². The van der Waals surface area contributed by atoms with Crippen molar-refractivity contribution in [3.05, 3.63) is 48.3 Å². The number of aromatic nitrogens is 2. The summed E-state index contributed by atoms with van der Waals surface area (Å²) in [6.45, 7) is 2.21. The largest absolute Gasteiger partial charge is 0.279 e. The number of fused-ring (bicyclic) bond motifs is 3. The minimum atomic E-state index is 1.02. The predicted octanol–water partition coefficient (Wildman–Crippen LogP) is 4.60. The molecule has 3 aromatic rings. The van der Waals surface area contributed by atoms with E-state index in [1.807, 2.05) is 12.3 Å². The molecular weight excluding hydrogens is 267 g/mol. The minimum absolute atomic E-state index is 1.02. The standard InChI is InChI=1S/C16H16N2.HOP/c1-2-3-5-13-9-7-12-8-10-15-14(16(12)18-13)6-4-11-17-15;1-2/h4,6-11H,2-3,5H2,1H3;2H. The molecule has 3 rings (SSSR count). The van der Waals surface area contributed by atoms with Gasteiger partial charge in [-0.2, -0.15) is 0 Å². The van der Waals surface area contributed by atoms with Crippen LogP contribution < -0.4 is 0 Å². The fourth-order valence-corrected chi connectivity index (χ4v) is 2.28. The molecule has 1 aromatic carbocycles. The average Bonchev–Trinajstić information content (AvgIpc) is 2.54. The summed E-state index contributed by atoms with van der Waals surface area (Å²) in [7, 11) is 1.72. The summed E-state index contributed by atoms with van der Waals surface area (Å²) in [6.07, 6.45) is 5.29. The van der Waals surface area contributed by atoms with Gasteiger partial charge >= 0.3 is 0 Å². The number of benzene rings is 1.